The van der Waals surface area contributed by atoms with E-state index in [1.165, 1.54) is 17.1 Å². The molecule has 0 fully saturated rings. The van der Waals surface area contributed by atoms with Crippen LogP contribution in [0.4, 0.5) is 11.4 Å². The molecule has 2 aromatic carbocycles. The molecule has 10 heteroatoms. The van der Waals surface area contributed by atoms with Gasteiger partial charge in [-0.15, -0.1) is 0 Å². The first-order chi connectivity index (χ1) is 11.1. The van der Waals surface area contributed by atoms with Crippen LogP contribution in [0.5, 0.6) is 0 Å². The van der Waals surface area contributed by atoms with E-state index in [9.17, 15) is 25.9 Å². The molecule has 2 rings (SSSR count). The maximum Gasteiger partial charge on any atom is 0.298 e. The summed E-state index contributed by atoms with van der Waals surface area (Å²) in [4.78, 5) is -1.91. The van der Waals surface area contributed by atoms with E-state index < -0.39 is 30.0 Å². The fourth-order valence-corrected chi connectivity index (χ4v) is 4.00. The highest BCUT2D eigenvalue weighted by molar-refractivity contribution is 7.89. The van der Waals surface area contributed by atoms with Gasteiger partial charge in [0.05, 0.1) is 5.69 Å². The van der Waals surface area contributed by atoms with Crippen LogP contribution in [0, 0.1) is 0 Å². The largest absolute Gasteiger partial charge is 0.298 e. The second-order valence-corrected chi connectivity index (χ2v) is 7.45. The molecule has 0 saturated carbocycles. The van der Waals surface area contributed by atoms with Crippen molar-refractivity contribution in [2.75, 3.05) is 11.6 Å². The predicted molar refractivity (Wildman–Crippen MR) is 87.3 cm³/mol. The standard InChI is InChI=1S/C14H15N2O6S2/c1-2-16(11-7-4-3-5-8-11)15-12-9-6-10-13(23(17,18)19)14(12)24(20,21)22/h3-10H,2H2,1H3,(H,17,18,19)(H,20,21,22). The zero-order valence-electron chi connectivity index (χ0n) is 12.6. The monoisotopic (exact) mass is 371 g/mol. The van der Waals surface area contributed by atoms with Crippen molar-refractivity contribution in [3.05, 3.63) is 48.5 Å². The van der Waals surface area contributed by atoms with Crippen molar-refractivity contribution < 1.29 is 25.9 Å². The average Bonchev–Trinajstić information content (AvgIpc) is 2.51. The Morgan fingerprint density at radius 3 is 2.04 bits per heavy atom. The highest BCUT2D eigenvalue weighted by Gasteiger charge is 2.28. The Morgan fingerprint density at radius 1 is 0.917 bits per heavy atom. The van der Waals surface area contributed by atoms with Crippen LogP contribution in [0.2, 0.25) is 0 Å². The van der Waals surface area contributed by atoms with Gasteiger partial charge in [0.15, 0.2) is 0 Å². The van der Waals surface area contributed by atoms with Crippen molar-refractivity contribution in [3.8, 4) is 0 Å². The molecule has 0 spiro atoms. The molecule has 0 amide bonds. The summed E-state index contributed by atoms with van der Waals surface area (Å²) in [5.74, 6) is 0. The van der Waals surface area contributed by atoms with Gasteiger partial charge in [0.25, 0.3) is 20.2 Å². The van der Waals surface area contributed by atoms with Crippen molar-refractivity contribution in [2.24, 2.45) is 0 Å². The van der Waals surface area contributed by atoms with E-state index in [-0.39, 0.29) is 5.69 Å². The van der Waals surface area contributed by atoms with Gasteiger partial charge in [0, 0.05) is 6.54 Å². The summed E-state index contributed by atoms with van der Waals surface area (Å²) in [5, 5.41) is 1.43. The number of rotatable bonds is 6. The van der Waals surface area contributed by atoms with Crippen molar-refractivity contribution >= 4 is 31.6 Å². The number of nitrogens with zero attached hydrogens (tertiary/aromatic N) is 2. The first kappa shape index (κ1) is 18.2. The van der Waals surface area contributed by atoms with Crippen LogP contribution >= 0.6 is 0 Å². The quantitative estimate of drug-likeness (QED) is 0.586. The van der Waals surface area contributed by atoms with Crippen LogP contribution in [0.15, 0.2) is 58.3 Å². The van der Waals surface area contributed by atoms with E-state index in [1.807, 2.05) is 0 Å². The van der Waals surface area contributed by atoms with E-state index in [4.69, 9.17) is 0 Å². The van der Waals surface area contributed by atoms with E-state index in [2.05, 4.69) is 5.43 Å². The first-order valence-corrected chi connectivity index (χ1v) is 9.65. The number of para-hydroxylation sites is 1. The summed E-state index contributed by atoms with van der Waals surface area (Å²) in [6.07, 6.45) is 0. The fourth-order valence-electron chi connectivity index (χ4n) is 2.09. The molecule has 0 atom stereocenters. The first-order valence-electron chi connectivity index (χ1n) is 6.77. The molecule has 0 aliphatic rings. The topological polar surface area (TPSA) is 126 Å². The van der Waals surface area contributed by atoms with Gasteiger partial charge in [0.2, 0.25) is 0 Å². The lowest BCUT2D eigenvalue weighted by Crippen LogP contribution is -2.29. The van der Waals surface area contributed by atoms with Gasteiger partial charge in [0.1, 0.15) is 15.5 Å². The van der Waals surface area contributed by atoms with Crippen molar-refractivity contribution in [1.82, 2.24) is 5.43 Å². The molecule has 1 radical (unpaired) electrons. The summed E-state index contributed by atoms with van der Waals surface area (Å²) in [7, 11) is -9.81. The molecule has 0 heterocycles. The van der Waals surface area contributed by atoms with Gasteiger partial charge in [-0.2, -0.15) is 22.3 Å². The Hall–Kier alpha value is -2.14. The lowest BCUT2D eigenvalue weighted by molar-refractivity contribution is 0.466. The summed E-state index contributed by atoms with van der Waals surface area (Å²) >= 11 is 0. The molecule has 0 aliphatic carbocycles. The van der Waals surface area contributed by atoms with Crippen LogP contribution < -0.4 is 10.4 Å². The summed E-state index contributed by atoms with van der Waals surface area (Å²) in [6.45, 7) is 2.11. The van der Waals surface area contributed by atoms with Crippen molar-refractivity contribution in [2.45, 2.75) is 16.7 Å². The predicted octanol–water partition coefficient (Wildman–Crippen LogP) is 1.86. The van der Waals surface area contributed by atoms with Gasteiger partial charge in [-0.05, 0) is 31.2 Å². The molecule has 0 bridgehead atoms. The molecular formula is C14H15N2O6S2. The Balaban J connectivity index is 2.59. The normalized spacial score (nSPS) is 12.0. The van der Waals surface area contributed by atoms with E-state index in [0.29, 0.717) is 12.2 Å². The lowest BCUT2D eigenvalue weighted by atomic mass is 10.3. The number of hydrogen-bond donors (Lipinski definition) is 2. The van der Waals surface area contributed by atoms with Crippen LogP contribution in [0.3, 0.4) is 0 Å². The van der Waals surface area contributed by atoms with Gasteiger partial charge in [-0.25, -0.2) is 0 Å². The molecule has 24 heavy (non-hydrogen) atoms. The Kier molecular flexibility index (Phi) is 5.13. The molecule has 2 aromatic rings. The smallest absolute Gasteiger partial charge is 0.282 e. The maximum absolute atomic E-state index is 11.6. The van der Waals surface area contributed by atoms with E-state index in [0.717, 1.165) is 6.07 Å². The molecule has 129 valence electrons. The second kappa shape index (κ2) is 6.77. The maximum atomic E-state index is 11.6. The molecule has 0 unspecified atom stereocenters. The zero-order valence-corrected chi connectivity index (χ0v) is 14.2. The van der Waals surface area contributed by atoms with Gasteiger partial charge in [-0.3, -0.25) is 14.1 Å². The summed E-state index contributed by atoms with van der Waals surface area (Å²) in [5.41, 5.74) is 4.44. The third-order valence-corrected chi connectivity index (χ3v) is 5.05. The third kappa shape index (κ3) is 4.03. The third-order valence-electron chi connectivity index (χ3n) is 3.08. The van der Waals surface area contributed by atoms with E-state index in [1.54, 1.807) is 37.3 Å². The lowest BCUT2D eigenvalue weighted by Gasteiger charge is -2.23. The molecule has 2 N–H and O–H groups in total. The minimum atomic E-state index is -4.94. The number of hydrogen-bond acceptors (Lipinski definition) is 5. The fraction of sp³-hybridized carbons (Fsp3) is 0.143. The average molecular weight is 371 g/mol. The zero-order chi connectivity index (χ0) is 18.0. The number of benzene rings is 2. The van der Waals surface area contributed by atoms with Crippen LogP contribution in [0.1, 0.15) is 6.92 Å². The van der Waals surface area contributed by atoms with Crippen LogP contribution in [-0.4, -0.2) is 32.5 Å². The van der Waals surface area contributed by atoms with Crippen LogP contribution in [-0.2, 0) is 20.2 Å². The Labute approximate surface area is 140 Å². The van der Waals surface area contributed by atoms with Crippen molar-refractivity contribution in [3.63, 3.8) is 0 Å². The van der Waals surface area contributed by atoms with Gasteiger partial charge < -0.3 is 0 Å². The van der Waals surface area contributed by atoms with Crippen molar-refractivity contribution in [1.29, 1.82) is 0 Å². The van der Waals surface area contributed by atoms with Crippen LogP contribution in [0.25, 0.3) is 0 Å². The molecule has 0 saturated heterocycles. The highest BCUT2D eigenvalue weighted by Crippen LogP contribution is 2.30. The molecule has 8 nitrogen and oxygen atoms in total. The Morgan fingerprint density at radius 2 is 1.54 bits per heavy atom. The SMILES string of the molecule is CCN([N]c1cccc(S(=O)(=O)O)c1S(=O)(=O)O)c1ccccc1. The Bertz CT molecular complexity index is 927. The van der Waals surface area contributed by atoms with Gasteiger partial charge >= 0.3 is 0 Å². The summed E-state index contributed by atoms with van der Waals surface area (Å²) < 4.78 is 64.7. The summed E-state index contributed by atoms with van der Waals surface area (Å²) in [6, 6.07) is 12.1. The highest BCUT2D eigenvalue weighted by atomic mass is 32.2. The second-order valence-electron chi connectivity index (χ2n) is 4.71. The minimum absolute atomic E-state index is 0.307. The molecule has 0 aromatic heterocycles. The minimum Gasteiger partial charge on any atom is -0.282 e. The van der Waals surface area contributed by atoms with E-state index >= 15 is 0 Å². The molecule has 0 aliphatic heterocycles. The molecular weight excluding hydrogens is 356 g/mol. The number of anilines is 1. The van der Waals surface area contributed by atoms with Gasteiger partial charge in [-0.1, -0.05) is 24.3 Å².